The summed E-state index contributed by atoms with van der Waals surface area (Å²) in [5.41, 5.74) is 0. The molecule has 2 aliphatic rings. The van der Waals surface area contributed by atoms with E-state index in [1.807, 2.05) is 0 Å². The number of hydrogen-bond donors (Lipinski definition) is 2. The van der Waals surface area contributed by atoms with Crippen LogP contribution in [0, 0.1) is 0 Å². The molecule has 0 aromatic carbocycles. The number of hydrogen-bond acceptors (Lipinski definition) is 2. The Balaban J connectivity index is 1.59. The number of nitrogens with one attached hydrogen (secondary N) is 2. The van der Waals surface area contributed by atoms with Gasteiger partial charge in [-0.25, -0.2) is 0 Å². The highest BCUT2D eigenvalue weighted by molar-refractivity contribution is 4.84. The van der Waals surface area contributed by atoms with Gasteiger partial charge in [0.05, 0.1) is 0 Å². The van der Waals surface area contributed by atoms with Crippen LogP contribution in [0.4, 0.5) is 0 Å². The Bertz CT molecular complexity index is 115. The SMILES string of the molecule is C1CCC(CNC2CC2)NC1. The normalized spacial score (nSPS) is 32.2. The average molecular weight is 154 g/mol. The second-order valence-electron chi connectivity index (χ2n) is 3.83. The van der Waals surface area contributed by atoms with Crippen molar-refractivity contribution in [2.45, 2.75) is 44.2 Å². The van der Waals surface area contributed by atoms with E-state index in [4.69, 9.17) is 0 Å². The molecule has 2 nitrogen and oxygen atoms in total. The summed E-state index contributed by atoms with van der Waals surface area (Å²) in [7, 11) is 0. The molecule has 1 unspecified atom stereocenters. The van der Waals surface area contributed by atoms with Gasteiger partial charge >= 0.3 is 0 Å². The second-order valence-corrected chi connectivity index (χ2v) is 3.83. The lowest BCUT2D eigenvalue weighted by Gasteiger charge is -2.23. The van der Waals surface area contributed by atoms with Gasteiger partial charge in [0.1, 0.15) is 0 Å². The van der Waals surface area contributed by atoms with Crippen LogP contribution in [-0.2, 0) is 0 Å². The van der Waals surface area contributed by atoms with E-state index in [2.05, 4.69) is 10.6 Å². The Hall–Kier alpha value is -0.0800. The monoisotopic (exact) mass is 154 g/mol. The molecule has 1 aliphatic heterocycles. The van der Waals surface area contributed by atoms with E-state index in [-0.39, 0.29) is 0 Å². The molecule has 0 aromatic heterocycles. The van der Waals surface area contributed by atoms with Crippen molar-refractivity contribution < 1.29 is 0 Å². The van der Waals surface area contributed by atoms with E-state index in [0.29, 0.717) is 0 Å². The molecule has 2 rings (SSSR count). The van der Waals surface area contributed by atoms with Crippen molar-refractivity contribution in [3.63, 3.8) is 0 Å². The van der Waals surface area contributed by atoms with E-state index in [9.17, 15) is 0 Å². The third-order valence-electron chi connectivity index (χ3n) is 2.64. The van der Waals surface area contributed by atoms with E-state index in [0.717, 1.165) is 12.1 Å². The lowest BCUT2D eigenvalue weighted by molar-refractivity contribution is 0.383. The first-order chi connectivity index (χ1) is 5.45. The van der Waals surface area contributed by atoms with E-state index in [1.165, 1.54) is 45.2 Å². The molecular formula is C9H18N2. The fourth-order valence-electron chi connectivity index (χ4n) is 1.69. The Kier molecular flexibility index (Phi) is 2.44. The lowest BCUT2D eigenvalue weighted by Crippen LogP contribution is -2.42. The second kappa shape index (κ2) is 3.55. The molecule has 1 atom stereocenters. The molecule has 1 saturated carbocycles. The van der Waals surface area contributed by atoms with Crippen molar-refractivity contribution in [2.24, 2.45) is 0 Å². The van der Waals surface area contributed by atoms with E-state index >= 15 is 0 Å². The summed E-state index contributed by atoms with van der Waals surface area (Å²) in [6.07, 6.45) is 6.99. The summed E-state index contributed by atoms with van der Waals surface area (Å²) in [6.45, 7) is 2.43. The quantitative estimate of drug-likeness (QED) is 0.630. The van der Waals surface area contributed by atoms with Crippen LogP contribution in [0.1, 0.15) is 32.1 Å². The third-order valence-corrected chi connectivity index (χ3v) is 2.64. The average Bonchev–Trinajstić information content (AvgIpc) is 2.86. The van der Waals surface area contributed by atoms with Crippen LogP contribution in [0.25, 0.3) is 0 Å². The van der Waals surface area contributed by atoms with Crippen LogP contribution in [0.5, 0.6) is 0 Å². The van der Waals surface area contributed by atoms with Crippen molar-refractivity contribution in [3.05, 3.63) is 0 Å². The predicted molar refractivity (Wildman–Crippen MR) is 46.7 cm³/mol. The van der Waals surface area contributed by atoms with Crippen LogP contribution < -0.4 is 10.6 Å². The van der Waals surface area contributed by atoms with Crippen LogP contribution in [-0.4, -0.2) is 25.2 Å². The van der Waals surface area contributed by atoms with Crippen molar-refractivity contribution in [1.82, 2.24) is 10.6 Å². The predicted octanol–water partition coefficient (Wildman–Crippen LogP) is 0.880. The molecule has 1 saturated heterocycles. The van der Waals surface area contributed by atoms with Gasteiger partial charge < -0.3 is 10.6 Å². The molecular weight excluding hydrogens is 136 g/mol. The van der Waals surface area contributed by atoms with Gasteiger partial charge in [-0.05, 0) is 32.2 Å². The molecule has 64 valence electrons. The summed E-state index contributed by atoms with van der Waals surface area (Å²) in [5, 5.41) is 7.10. The van der Waals surface area contributed by atoms with Gasteiger partial charge in [-0.1, -0.05) is 6.42 Å². The standard InChI is InChI=1S/C9H18N2/c1-2-6-10-9(3-1)7-11-8-4-5-8/h8-11H,1-7H2. The zero-order valence-electron chi connectivity index (χ0n) is 7.10. The van der Waals surface area contributed by atoms with E-state index in [1.54, 1.807) is 0 Å². The van der Waals surface area contributed by atoms with Crippen molar-refractivity contribution in [1.29, 1.82) is 0 Å². The summed E-state index contributed by atoms with van der Waals surface area (Å²) in [4.78, 5) is 0. The molecule has 2 fully saturated rings. The topological polar surface area (TPSA) is 24.1 Å². The van der Waals surface area contributed by atoms with E-state index < -0.39 is 0 Å². The minimum absolute atomic E-state index is 0.768. The van der Waals surface area contributed by atoms with Gasteiger partial charge in [-0.3, -0.25) is 0 Å². The molecule has 0 amide bonds. The van der Waals surface area contributed by atoms with Gasteiger partial charge in [0, 0.05) is 18.6 Å². The highest BCUT2D eigenvalue weighted by Crippen LogP contribution is 2.18. The van der Waals surface area contributed by atoms with Crippen molar-refractivity contribution in [2.75, 3.05) is 13.1 Å². The maximum Gasteiger partial charge on any atom is 0.0192 e. The first-order valence-corrected chi connectivity index (χ1v) is 4.92. The van der Waals surface area contributed by atoms with Crippen LogP contribution in [0.15, 0.2) is 0 Å². The zero-order valence-corrected chi connectivity index (χ0v) is 7.10. The molecule has 1 aliphatic carbocycles. The van der Waals surface area contributed by atoms with Crippen LogP contribution in [0.2, 0.25) is 0 Å². The lowest BCUT2D eigenvalue weighted by atomic mass is 10.1. The zero-order chi connectivity index (χ0) is 7.52. The van der Waals surface area contributed by atoms with Crippen molar-refractivity contribution in [3.8, 4) is 0 Å². The summed E-state index contributed by atoms with van der Waals surface area (Å²) in [5.74, 6) is 0. The maximum atomic E-state index is 3.56. The van der Waals surface area contributed by atoms with Gasteiger partial charge in [0.2, 0.25) is 0 Å². The molecule has 1 heterocycles. The Morgan fingerprint density at radius 2 is 2.09 bits per heavy atom. The molecule has 2 heteroatoms. The summed E-state index contributed by atoms with van der Waals surface area (Å²) >= 11 is 0. The third kappa shape index (κ3) is 2.46. The fraction of sp³-hybridized carbons (Fsp3) is 1.00. The van der Waals surface area contributed by atoms with Crippen molar-refractivity contribution >= 4 is 0 Å². The van der Waals surface area contributed by atoms with Gasteiger partial charge in [0.25, 0.3) is 0 Å². The first-order valence-electron chi connectivity index (χ1n) is 4.92. The Morgan fingerprint density at radius 3 is 2.73 bits per heavy atom. The molecule has 0 spiro atoms. The minimum Gasteiger partial charge on any atom is -0.313 e. The van der Waals surface area contributed by atoms with Crippen LogP contribution in [0.3, 0.4) is 0 Å². The fourth-order valence-corrected chi connectivity index (χ4v) is 1.69. The highest BCUT2D eigenvalue weighted by atomic mass is 15.0. The van der Waals surface area contributed by atoms with Gasteiger partial charge in [-0.2, -0.15) is 0 Å². The minimum atomic E-state index is 0.768. The maximum absolute atomic E-state index is 3.56. The molecule has 0 bridgehead atoms. The first kappa shape index (κ1) is 7.56. The van der Waals surface area contributed by atoms with Gasteiger partial charge in [-0.15, -0.1) is 0 Å². The molecule has 0 radical (unpaired) electrons. The highest BCUT2D eigenvalue weighted by Gasteiger charge is 2.22. The summed E-state index contributed by atoms with van der Waals surface area (Å²) < 4.78 is 0. The Labute approximate surface area is 68.7 Å². The number of piperidine rings is 1. The smallest absolute Gasteiger partial charge is 0.0192 e. The Morgan fingerprint density at radius 1 is 1.18 bits per heavy atom. The molecule has 11 heavy (non-hydrogen) atoms. The molecule has 0 aromatic rings. The molecule has 2 N–H and O–H groups in total. The number of rotatable bonds is 3. The summed E-state index contributed by atoms with van der Waals surface area (Å²) in [6, 6.07) is 1.64. The largest absolute Gasteiger partial charge is 0.313 e. The van der Waals surface area contributed by atoms with Crippen LogP contribution >= 0.6 is 0 Å². The van der Waals surface area contributed by atoms with Gasteiger partial charge in [0.15, 0.2) is 0 Å².